The van der Waals surface area contributed by atoms with Gasteiger partial charge in [0.2, 0.25) is 0 Å². The Bertz CT molecular complexity index is 1270. The molecule has 1 heterocycles. The lowest BCUT2D eigenvalue weighted by Gasteiger charge is -2.11. The highest BCUT2D eigenvalue weighted by atomic mass is 16.5. The van der Waals surface area contributed by atoms with E-state index >= 15 is 0 Å². The summed E-state index contributed by atoms with van der Waals surface area (Å²) in [5.41, 5.74) is 3.40. The number of rotatable bonds is 6. The number of carbonyl (C=O) groups excluding carboxylic acids is 1. The van der Waals surface area contributed by atoms with Crippen LogP contribution in [0.1, 0.15) is 22.8 Å². The van der Waals surface area contributed by atoms with Gasteiger partial charge in [0.05, 0.1) is 11.1 Å². The molecule has 154 valence electrons. The fourth-order valence-electron chi connectivity index (χ4n) is 3.27. The molecule has 0 unspecified atom stereocenters. The summed E-state index contributed by atoms with van der Waals surface area (Å²) in [4.78, 5) is 31.3. The minimum absolute atomic E-state index is 0.00525. The predicted molar refractivity (Wildman–Crippen MR) is 117 cm³/mol. The van der Waals surface area contributed by atoms with Gasteiger partial charge in [-0.3, -0.25) is 4.79 Å². The van der Waals surface area contributed by atoms with E-state index in [-0.39, 0.29) is 11.6 Å². The maximum atomic E-state index is 11.5. The average molecular weight is 413 g/mol. The number of ether oxygens (including phenoxy) is 1. The number of aromatic nitrogens is 2. The van der Waals surface area contributed by atoms with Crippen LogP contribution in [0.3, 0.4) is 0 Å². The molecule has 2 N–H and O–H groups in total. The lowest BCUT2D eigenvalue weighted by atomic mass is 9.99. The molecule has 0 atom stereocenters. The maximum absolute atomic E-state index is 11.5. The van der Waals surface area contributed by atoms with Gasteiger partial charge in [-0.25, -0.2) is 4.79 Å². The molecular weight excluding hydrogens is 394 g/mol. The number of anilines is 1. The first kappa shape index (κ1) is 20.0. The van der Waals surface area contributed by atoms with Crippen molar-refractivity contribution in [1.29, 1.82) is 0 Å². The zero-order valence-corrected chi connectivity index (χ0v) is 16.7. The number of hydrogen-bond acceptors (Lipinski definition) is 6. The molecule has 0 saturated carbocycles. The van der Waals surface area contributed by atoms with Crippen LogP contribution in [0.2, 0.25) is 0 Å². The standard InChI is InChI=1S/C24H19N3O4/c1-15(28)31-24-26-21-9-5-4-8-20(21)22(27-24)25-14-16-10-12-17(13-11-16)18-6-2-3-7-19(18)23(29)30/h2-13H,14H2,1H3,(H,29,30)(H,25,26,27). The number of carboxylic acid groups (broad SMARTS) is 1. The zero-order valence-electron chi connectivity index (χ0n) is 16.7. The number of hydrogen-bond donors (Lipinski definition) is 2. The fourth-order valence-corrected chi connectivity index (χ4v) is 3.27. The van der Waals surface area contributed by atoms with Crippen molar-refractivity contribution in [3.63, 3.8) is 0 Å². The van der Waals surface area contributed by atoms with Crippen LogP contribution in [-0.4, -0.2) is 27.0 Å². The lowest BCUT2D eigenvalue weighted by Crippen LogP contribution is -2.08. The fraction of sp³-hybridized carbons (Fsp3) is 0.0833. The van der Waals surface area contributed by atoms with Crippen molar-refractivity contribution < 1.29 is 19.4 Å². The maximum Gasteiger partial charge on any atom is 0.336 e. The normalized spacial score (nSPS) is 10.6. The molecule has 0 aliphatic rings. The van der Waals surface area contributed by atoms with E-state index in [2.05, 4.69) is 15.3 Å². The number of nitrogens with one attached hydrogen (secondary N) is 1. The second-order valence-electron chi connectivity index (χ2n) is 6.87. The molecule has 7 heteroatoms. The molecule has 0 amide bonds. The monoisotopic (exact) mass is 413 g/mol. The van der Waals surface area contributed by atoms with E-state index in [4.69, 9.17) is 4.74 Å². The molecule has 0 fully saturated rings. The molecule has 0 saturated heterocycles. The Kier molecular flexibility index (Phi) is 5.57. The molecule has 0 spiro atoms. The molecule has 1 aromatic heterocycles. The van der Waals surface area contributed by atoms with Crippen molar-refractivity contribution >= 4 is 28.7 Å². The quantitative estimate of drug-likeness (QED) is 0.448. The van der Waals surface area contributed by atoms with Crippen molar-refractivity contribution in [1.82, 2.24) is 9.97 Å². The first-order valence-corrected chi connectivity index (χ1v) is 9.62. The largest absolute Gasteiger partial charge is 0.478 e. The highest BCUT2D eigenvalue weighted by molar-refractivity contribution is 5.96. The van der Waals surface area contributed by atoms with Crippen LogP contribution in [0.4, 0.5) is 5.82 Å². The van der Waals surface area contributed by atoms with Crippen LogP contribution >= 0.6 is 0 Å². The zero-order chi connectivity index (χ0) is 21.8. The Morgan fingerprint density at radius 3 is 2.39 bits per heavy atom. The minimum atomic E-state index is -0.958. The Morgan fingerprint density at radius 2 is 1.65 bits per heavy atom. The van der Waals surface area contributed by atoms with Crippen molar-refractivity contribution in [2.75, 3.05) is 5.32 Å². The van der Waals surface area contributed by atoms with Gasteiger partial charge in [0.15, 0.2) is 0 Å². The molecule has 0 radical (unpaired) electrons. The molecular formula is C24H19N3O4. The Labute approximate surface area is 178 Å². The topological polar surface area (TPSA) is 101 Å². The molecule has 0 aliphatic heterocycles. The molecule has 4 aromatic rings. The summed E-state index contributed by atoms with van der Waals surface area (Å²) in [6.07, 6.45) is 0. The van der Waals surface area contributed by atoms with Gasteiger partial charge in [0.25, 0.3) is 0 Å². The number of para-hydroxylation sites is 1. The predicted octanol–water partition coefficient (Wildman–Crippen LogP) is 4.53. The molecule has 7 nitrogen and oxygen atoms in total. The molecule has 0 aliphatic carbocycles. The molecule has 31 heavy (non-hydrogen) atoms. The SMILES string of the molecule is CC(=O)Oc1nc(NCc2ccc(-c3ccccc3C(=O)O)cc2)c2ccccc2n1. The summed E-state index contributed by atoms with van der Waals surface area (Å²) in [7, 11) is 0. The second kappa shape index (κ2) is 8.62. The number of nitrogens with zero attached hydrogens (tertiary/aromatic N) is 2. The van der Waals surface area contributed by atoms with Crippen molar-refractivity contribution in [2.24, 2.45) is 0 Å². The first-order chi connectivity index (χ1) is 15.0. The lowest BCUT2D eigenvalue weighted by molar-refractivity contribution is -0.132. The summed E-state index contributed by atoms with van der Waals surface area (Å²) in [6, 6.07) is 22.0. The number of carbonyl (C=O) groups is 2. The van der Waals surface area contributed by atoms with Crippen LogP contribution in [0, 0.1) is 0 Å². The summed E-state index contributed by atoms with van der Waals surface area (Å²) in [5.74, 6) is -0.888. The van der Waals surface area contributed by atoms with Gasteiger partial charge in [0.1, 0.15) is 5.82 Å². The van der Waals surface area contributed by atoms with Crippen molar-refractivity contribution in [2.45, 2.75) is 13.5 Å². The molecule has 3 aromatic carbocycles. The third kappa shape index (κ3) is 4.51. The number of carboxylic acids is 1. The van der Waals surface area contributed by atoms with Gasteiger partial charge in [-0.1, -0.05) is 54.6 Å². The summed E-state index contributed by atoms with van der Waals surface area (Å²) in [5, 5.41) is 13.5. The van der Waals surface area contributed by atoms with Gasteiger partial charge in [-0.05, 0) is 34.9 Å². The number of esters is 1. The van der Waals surface area contributed by atoms with E-state index < -0.39 is 11.9 Å². The Balaban J connectivity index is 1.57. The van der Waals surface area contributed by atoms with Gasteiger partial charge in [-0.2, -0.15) is 9.97 Å². The summed E-state index contributed by atoms with van der Waals surface area (Å²) >= 11 is 0. The van der Waals surface area contributed by atoms with Crippen LogP contribution in [0.15, 0.2) is 72.8 Å². The highest BCUT2D eigenvalue weighted by Crippen LogP contribution is 2.26. The van der Waals surface area contributed by atoms with E-state index in [1.165, 1.54) is 6.92 Å². The third-order valence-corrected chi connectivity index (χ3v) is 4.70. The molecule has 0 bridgehead atoms. The van der Waals surface area contributed by atoms with E-state index in [0.29, 0.717) is 23.4 Å². The second-order valence-corrected chi connectivity index (χ2v) is 6.87. The van der Waals surface area contributed by atoms with Crippen molar-refractivity contribution in [3.8, 4) is 17.1 Å². The Morgan fingerprint density at radius 1 is 0.935 bits per heavy atom. The van der Waals surface area contributed by atoms with Gasteiger partial charge < -0.3 is 15.2 Å². The van der Waals surface area contributed by atoms with Crippen LogP contribution in [-0.2, 0) is 11.3 Å². The number of aromatic carboxylic acids is 1. The third-order valence-electron chi connectivity index (χ3n) is 4.70. The minimum Gasteiger partial charge on any atom is -0.478 e. The van der Waals surface area contributed by atoms with Crippen molar-refractivity contribution in [3.05, 3.63) is 83.9 Å². The van der Waals surface area contributed by atoms with Gasteiger partial charge >= 0.3 is 17.9 Å². The van der Waals surface area contributed by atoms with E-state index in [9.17, 15) is 14.7 Å². The average Bonchev–Trinajstić information content (AvgIpc) is 2.77. The van der Waals surface area contributed by atoms with E-state index in [1.54, 1.807) is 18.2 Å². The smallest absolute Gasteiger partial charge is 0.336 e. The van der Waals surface area contributed by atoms with E-state index in [0.717, 1.165) is 16.5 Å². The van der Waals surface area contributed by atoms with E-state index in [1.807, 2.05) is 54.6 Å². The molecule has 4 rings (SSSR count). The summed E-state index contributed by atoms with van der Waals surface area (Å²) in [6.45, 7) is 1.77. The van der Waals surface area contributed by atoms with Crippen LogP contribution in [0.5, 0.6) is 6.01 Å². The Hall–Kier alpha value is -4.26. The van der Waals surface area contributed by atoms with Crippen LogP contribution in [0.25, 0.3) is 22.0 Å². The number of benzene rings is 3. The number of fused-ring (bicyclic) bond motifs is 1. The van der Waals surface area contributed by atoms with Crippen LogP contribution < -0.4 is 10.1 Å². The first-order valence-electron chi connectivity index (χ1n) is 9.62. The highest BCUT2D eigenvalue weighted by Gasteiger charge is 2.12. The van der Waals surface area contributed by atoms with Gasteiger partial charge in [-0.15, -0.1) is 0 Å². The summed E-state index contributed by atoms with van der Waals surface area (Å²) < 4.78 is 5.06. The van der Waals surface area contributed by atoms with Gasteiger partial charge in [0, 0.05) is 18.9 Å².